The number of anilines is 1. The second kappa shape index (κ2) is 9.19. The van der Waals surface area contributed by atoms with Crippen LogP contribution in [-0.2, 0) is 14.4 Å². The first kappa shape index (κ1) is 21.7. The number of aryl methyl sites for hydroxylation is 1. The van der Waals surface area contributed by atoms with Crippen molar-refractivity contribution in [2.45, 2.75) is 13.8 Å². The van der Waals surface area contributed by atoms with E-state index in [0.29, 0.717) is 21.5 Å². The molecule has 3 amide bonds. The van der Waals surface area contributed by atoms with Crippen LogP contribution in [0.25, 0.3) is 6.08 Å². The van der Waals surface area contributed by atoms with Crippen LogP contribution in [0.1, 0.15) is 16.7 Å². The van der Waals surface area contributed by atoms with Gasteiger partial charge in [-0.2, -0.15) is 0 Å². The summed E-state index contributed by atoms with van der Waals surface area (Å²) in [5, 5.41) is 7.53. The van der Waals surface area contributed by atoms with E-state index in [1.807, 2.05) is 32.0 Å². The summed E-state index contributed by atoms with van der Waals surface area (Å²) in [6.45, 7) is 3.65. The monoisotopic (exact) mass is 487 g/mol. The van der Waals surface area contributed by atoms with Crippen LogP contribution < -0.4 is 20.7 Å². The van der Waals surface area contributed by atoms with Gasteiger partial charge in [-0.3, -0.25) is 25.0 Å². The molecule has 0 unspecified atom stereocenters. The summed E-state index contributed by atoms with van der Waals surface area (Å²) in [4.78, 5) is 36.6. The predicted octanol–water partition coefficient (Wildman–Crippen LogP) is 3.00. The largest absolute Gasteiger partial charge is 0.483 e. The minimum Gasteiger partial charge on any atom is -0.483 e. The third-order valence-electron chi connectivity index (χ3n) is 4.45. The lowest BCUT2D eigenvalue weighted by atomic mass is 10.1. The number of hydrogen-bond acceptors (Lipinski definition) is 5. The molecule has 1 fully saturated rings. The summed E-state index contributed by atoms with van der Waals surface area (Å²) in [7, 11) is 0. The van der Waals surface area contributed by atoms with Crippen LogP contribution in [0.2, 0.25) is 0 Å². The van der Waals surface area contributed by atoms with Crippen molar-refractivity contribution in [3.05, 3.63) is 63.1 Å². The zero-order valence-electron chi connectivity index (χ0n) is 16.2. The molecule has 7 nitrogen and oxygen atoms in total. The molecule has 1 aliphatic rings. The van der Waals surface area contributed by atoms with Crippen molar-refractivity contribution >= 4 is 62.7 Å². The lowest BCUT2D eigenvalue weighted by Crippen LogP contribution is -2.51. The fourth-order valence-electron chi connectivity index (χ4n) is 2.74. The molecule has 9 heteroatoms. The molecule has 1 aliphatic heterocycles. The Hall–Kier alpha value is -3.04. The summed E-state index contributed by atoms with van der Waals surface area (Å²) in [5.74, 6) is -1.20. The highest BCUT2D eigenvalue weighted by Gasteiger charge is 2.26. The summed E-state index contributed by atoms with van der Waals surface area (Å²) in [6, 6.07) is 10.7. The Bertz CT molecular complexity index is 1080. The van der Waals surface area contributed by atoms with Gasteiger partial charge in [0.1, 0.15) is 11.3 Å². The van der Waals surface area contributed by atoms with E-state index in [-0.39, 0.29) is 23.2 Å². The van der Waals surface area contributed by atoms with Crippen LogP contribution in [-0.4, -0.2) is 29.4 Å². The van der Waals surface area contributed by atoms with Gasteiger partial charge in [-0.1, -0.05) is 28.1 Å². The van der Waals surface area contributed by atoms with Crippen LogP contribution in [0, 0.1) is 13.8 Å². The van der Waals surface area contributed by atoms with E-state index >= 15 is 0 Å². The standard InChI is InChI=1S/C21H18BrN3O4S/c1-11-4-3-5-16(12(11)2)23-18(26)10-29-17-7-6-14(22)8-13(17)9-15-19(27)24-21(30)25-20(15)28/h3-9H,10H2,1-2H3,(H,23,26)(H2,24,25,27,28,30). The Morgan fingerprint density at radius 1 is 1.17 bits per heavy atom. The molecule has 3 N–H and O–H groups in total. The van der Waals surface area contributed by atoms with Crippen LogP contribution >= 0.6 is 28.1 Å². The van der Waals surface area contributed by atoms with Gasteiger partial charge in [0.2, 0.25) is 0 Å². The van der Waals surface area contributed by atoms with Gasteiger partial charge in [0, 0.05) is 15.7 Å². The fourth-order valence-corrected chi connectivity index (χ4v) is 3.31. The predicted molar refractivity (Wildman–Crippen MR) is 121 cm³/mol. The molecule has 154 valence electrons. The average Bonchev–Trinajstić information content (AvgIpc) is 2.67. The molecule has 30 heavy (non-hydrogen) atoms. The Labute approximate surface area is 187 Å². The summed E-state index contributed by atoms with van der Waals surface area (Å²) in [6.07, 6.45) is 1.38. The quantitative estimate of drug-likeness (QED) is 0.342. The van der Waals surface area contributed by atoms with Gasteiger partial charge in [-0.25, -0.2) is 0 Å². The van der Waals surface area contributed by atoms with Gasteiger partial charge >= 0.3 is 0 Å². The van der Waals surface area contributed by atoms with E-state index in [2.05, 4.69) is 31.9 Å². The van der Waals surface area contributed by atoms with E-state index in [9.17, 15) is 14.4 Å². The lowest BCUT2D eigenvalue weighted by Gasteiger charge is -2.17. The minimum absolute atomic E-state index is 0.0454. The molecule has 0 spiro atoms. The zero-order valence-corrected chi connectivity index (χ0v) is 18.6. The van der Waals surface area contributed by atoms with Crippen molar-refractivity contribution in [1.82, 2.24) is 10.6 Å². The van der Waals surface area contributed by atoms with Crippen molar-refractivity contribution in [3.63, 3.8) is 0 Å². The number of rotatable bonds is 5. The normalized spacial score (nSPS) is 13.4. The highest BCUT2D eigenvalue weighted by atomic mass is 79.9. The summed E-state index contributed by atoms with van der Waals surface area (Å²) >= 11 is 8.15. The van der Waals surface area contributed by atoms with E-state index in [4.69, 9.17) is 17.0 Å². The van der Waals surface area contributed by atoms with E-state index < -0.39 is 11.8 Å². The van der Waals surface area contributed by atoms with Crippen LogP contribution in [0.3, 0.4) is 0 Å². The van der Waals surface area contributed by atoms with Gasteiger partial charge in [0.05, 0.1) is 0 Å². The zero-order chi connectivity index (χ0) is 21.8. The fraction of sp³-hybridized carbons (Fsp3) is 0.143. The van der Waals surface area contributed by atoms with Crippen molar-refractivity contribution in [2.75, 3.05) is 11.9 Å². The molecular formula is C21H18BrN3O4S. The number of ether oxygens (including phenoxy) is 1. The molecule has 0 atom stereocenters. The number of hydrogen-bond donors (Lipinski definition) is 3. The topological polar surface area (TPSA) is 96.5 Å². The third kappa shape index (κ3) is 5.11. The first-order valence-electron chi connectivity index (χ1n) is 8.91. The maximum atomic E-state index is 12.4. The number of benzene rings is 2. The number of halogens is 1. The minimum atomic E-state index is -0.609. The molecule has 0 saturated carbocycles. The number of carbonyl (C=O) groups is 3. The Kier molecular flexibility index (Phi) is 6.63. The SMILES string of the molecule is Cc1cccc(NC(=O)COc2ccc(Br)cc2C=C2C(=O)NC(=S)NC2=O)c1C. The number of thiocarbonyl (C=S) groups is 1. The third-order valence-corrected chi connectivity index (χ3v) is 5.15. The van der Waals surface area contributed by atoms with Crippen LogP contribution in [0.15, 0.2) is 46.4 Å². The maximum absolute atomic E-state index is 12.4. The lowest BCUT2D eigenvalue weighted by molar-refractivity contribution is -0.123. The van der Waals surface area contributed by atoms with Crippen molar-refractivity contribution in [3.8, 4) is 5.75 Å². The Balaban J connectivity index is 1.77. The second-order valence-corrected chi connectivity index (χ2v) is 7.89. The van der Waals surface area contributed by atoms with Gasteiger partial charge in [0.25, 0.3) is 17.7 Å². The van der Waals surface area contributed by atoms with Crippen molar-refractivity contribution < 1.29 is 19.1 Å². The molecule has 1 saturated heterocycles. The Morgan fingerprint density at radius 3 is 2.57 bits per heavy atom. The molecular weight excluding hydrogens is 470 g/mol. The molecule has 0 radical (unpaired) electrons. The molecule has 0 bridgehead atoms. The van der Waals surface area contributed by atoms with Crippen molar-refractivity contribution in [2.24, 2.45) is 0 Å². The molecule has 1 heterocycles. The molecule has 3 rings (SSSR count). The number of carbonyl (C=O) groups excluding carboxylic acids is 3. The Morgan fingerprint density at radius 2 is 1.87 bits per heavy atom. The van der Waals surface area contributed by atoms with Gasteiger partial charge in [-0.15, -0.1) is 0 Å². The van der Waals surface area contributed by atoms with Gasteiger partial charge < -0.3 is 10.1 Å². The van der Waals surface area contributed by atoms with Crippen LogP contribution in [0.4, 0.5) is 5.69 Å². The van der Waals surface area contributed by atoms with E-state index in [1.165, 1.54) is 6.08 Å². The molecule has 2 aromatic rings. The van der Waals surface area contributed by atoms with E-state index in [1.54, 1.807) is 18.2 Å². The highest BCUT2D eigenvalue weighted by molar-refractivity contribution is 9.10. The summed E-state index contributed by atoms with van der Waals surface area (Å²) in [5.41, 5.74) is 3.10. The first-order chi connectivity index (χ1) is 14.2. The smallest absolute Gasteiger partial charge is 0.263 e. The van der Waals surface area contributed by atoms with Crippen molar-refractivity contribution in [1.29, 1.82) is 0 Å². The molecule has 0 aromatic heterocycles. The summed E-state index contributed by atoms with van der Waals surface area (Å²) < 4.78 is 6.38. The second-order valence-electron chi connectivity index (χ2n) is 6.56. The maximum Gasteiger partial charge on any atom is 0.263 e. The molecule has 2 aromatic carbocycles. The number of amides is 3. The van der Waals surface area contributed by atoms with Gasteiger partial charge in [0.15, 0.2) is 11.7 Å². The van der Waals surface area contributed by atoms with Gasteiger partial charge in [-0.05, 0) is 67.5 Å². The number of nitrogens with one attached hydrogen (secondary N) is 3. The first-order valence-corrected chi connectivity index (χ1v) is 10.1. The highest BCUT2D eigenvalue weighted by Crippen LogP contribution is 2.26. The molecule has 0 aliphatic carbocycles. The van der Waals surface area contributed by atoms with Crippen LogP contribution in [0.5, 0.6) is 5.75 Å². The average molecular weight is 488 g/mol. The van der Waals surface area contributed by atoms with E-state index in [0.717, 1.165) is 11.1 Å².